The van der Waals surface area contributed by atoms with E-state index >= 15 is 0 Å². The van der Waals surface area contributed by atoms with Gasteiger partial charge in [-0.05, 0) is 37.0 Å². The summed E-state index contributed by atoms with van der Waals surface area (Å²) in [6.45, 7) is 3.57. The maximum atomic E-state index is 12.3. The molecule has 0 aromatic heterocycles. The van der Waals surface area contributed by atoms with Crippen molar-refractivity contribution in [3.05, 3.63) is 23.8 Å². The number of rotatable bonds is 9. The SMILES string of the molecule is CCCCCS(=O)(=O)CC(=O)NCC1(c2ccc3c(c2)OCCO3)CCCC1. The van der Waals surface area contributed by atoms with Gasteiger partial charge in [-0.15, -0.1) is 0 Å². The van der Waals surface area contributed by atoms with Crippen LogP contribution in [-0.2, 0) is 20.0 Å². The Morgan fingerprint density at radius 2 is 1.82 bits per heavy atom. The summed E-state index contributed by atoms with van der Waals surface area (Å²) >= 11 is 0. The van der Waals surface area contributed by atoms with Crippen LogP contribution in [0.3, 0.4) is 0 Å². The smallest absolute Gasteiger partial charge is 0.235 e. The number of benzene rings is 1. The van der Waals surface area contributed by atoms with E-state index in [0.29, 0.717) is 26.2 Å². The molecule has 156 valence electrons. The van der Waals surface area contributed by atoms with Gasteiger partial charge >= 0.3 is 0 Å². The van der Waals surface area contributed by atoms with Crippen molar-refractivity contribution in [2.75, 3.05) is 31.3 Å². The molecule has 0 bridgehead atoms. The zero-order chi connectivity index (χ0) is 20.0. The fraction of sp³-hybridized carbons (Fsp3) is 0.667. The number of nitrogens with one attached hydrogen (secondary N) is 1. The monoisotopic (exact) mass is 409 g/mol. The Balaban J connectivity index is 1.64. The van der Waals surface area contributed by atoms with Crippen molar-refractivity contribution < 1.29 is 22.7 Å². The first kappa shape index (κ1) is 21.0. The zero-order valence-corrected chi connectivity index (χ0v) is 17.5. The van der Waals surface area contributed by atoms with E-state index in [0.717, 1.165) is 55.6 Å². The van der Waals surface area contributed by atoms with E-state index in [4.69, 9.17) is 9.47 Å². The average molecular weight is 410 g/mol. The first-order chi connectivity index (χ1) is 13.4. The van der Waals surface area contributed by atoms with E-state index in [1.165, 1.54) is 0 Å². The molecule has 0 atom stereocenters. The maximum absolute atomic E-state index is 12.3. The molecular weight excluding hydrogens is 378 g/mol. The highest BCUT2D eigenvalue weighted by Gasteiger charge is 2.37. The third-order valence-corrected chi connectivity index (χ3v) is 7.36. The lowest BCUT2D eigenvalue weighted by Crippen LogP contribution is -2.41. The third kappa shape index (κ3) is 5.19. The number of fused-ring (bicyclic) bond motifs is 1. The maximum Gasteiger partial charge on any atom is 0.235 e. The highest BCUT2D eigenvalue weighted by atomic mass is 32.2. The molecule has 0 unspecified atom stereocenters. The molecule has 7 heteroatoms. The summed E-state index contributed by atoms with van der Waals surface area (Å²) in [5.74, 6) is 0.765. The molecule has 2 aliphatic rings. The molecule has 1 heterocycles. The van der Waals surface area contributed by atoms with E-state index < -0.39 is 21.5 Å². The predicted octanol–water partition coefficient (Wildman–Crippen LogP) is 2.99. The summed E-state index contributed by atoms with van der Waals surface area (Å²) in [6, 6.07) is 6.00. The molecule has 1 aliphatic carbocycles. The number of hydrogen-bond donors (Lipinski definition) is 1. The zero-order valence-electron chi connectivity index (χ0n) is 16.7. The molecule has 6 nitrogen and oxygen atoms in total. The van der Waals surface area contributed by atoms with Gasteiger partial charge in [0.25, 0.3) is 0 Å². The molecule has 1 aromatic carbocycles. The van der Waals surface area contributed by atoms with Gasteiger partial charge in [-0.3, -0.25) is 4.79 Å². The molecule has 3 rings (SSSR count). The Kier molecular flexibility index (Phi) is 6.86. The number of carbonyl (C=O) groups is 1. The molecule has 1 fully saturated rings. The van der Waals surface area contributed by atoms with Gasteiger partial charge in [0, 0.05) is 12.0 Å². The Labute approximate surface area is 167 Å². The van der Waals surface area contributed by atoms with Crippen LogP contribution in [0.2, 0.25) is 0 Å². The Bertz CT molecular complexity index is 784. The first-order valence-electron chi connectivity index (χ1n) is 10.3. The van der Waals surface area contributed by atoms with Crippen LogP contribution in [-0.4, -0.2) is 45.6 Å². The van der Waals surface area contributed by atoms with Gasteiger partial charge in [-0.1, -0.05) is 38.7 Å². The van der Waals surface area contributed by atoms with E-state index in [9.17, 15) is 13.2 Å². The second-order valence-electron chi connectivity index (χ2n) is 7.92. The lowest BCUT2D eigenvalue weighted by atomic mass is 9.78. The highest BCUT2D eigenvalue weighted by Crippen LogP contribution is 2.43. The summed E-state index contributed by atoms with van der Waals surface area (Å²) < 4.78 is 35.6. The molecule has 0 radical (unpaired) electrons. The molecule has 1 aromatic rings. The highest BCUT2D eigenvalue weighted by molar-refractivity contribution is 7.92. The molecule has 1 N–H and O–H groups in total. The normalized spacial score (nSPS) is 18.0. The van der Waals surface area contributed by atoms with Crippen LogP contribution < -0.4 is 14.8 Å². The number of amides is 1. The number of unbranched alkanes of at least 4 members (excludes halogenated alkanes) is 2. The van der Waals surface area contributed by atoms with Gasteiger partial charge in [0.05, 0.1) is 5.75 Å². The van der Waals surface area contributed by atoms with Crippen molar-refractivity contribution in [2.45, 2.75) is 57.3 Å². The largest absolute Gasteiger partial charge is 0.486 e. The Morgan fingerprint density at radius 1 is 1.11 bits per heavy atom. The Morgan fingerprint density at radius 3 is 2.54 bits per heavy atom. The van der Waals surface area contributed by atoms with Gasteiger partial charge in [0.2, 0.25) is 5.91 Å². The predicted molar refractivity (Wildman–Crippen MR) is 109 cm³/mol. The minimum atomic E-state index is -3.34. The van der Waals surface area contributed by atoms with Crippen molar-refractivity contribution in [3.63, 3.8) is 0 Å². The van der Waals surface area contributed by atoms with Crippen molar-refractivity contribution >= 4 is 15.7 Å². The van der Waals surface area contributed by atoms with Gasteiger partial charge < -0.3 is 14.8 Å². The summed E-state index contributed by atoms with van der Waals surface area (Å²) in [5, 5.41) is 2.90. The van der Waals surface area contributed by atoms with E-state index in [1.54, 1.807) is 0 Å². The summed E-state index contributed by atoms with van der Waals surface area (Å²) in [7, 11) is -3.34. The minimum Gasteiger partial charge on any atom is -0.486 e. The standard InChI is InChI=1S/C21H31NO5S/c1-2-3-6-13-28(24,25)15-20(23)22-16-21(9-4-5-10-21)17-7-8-18-19(14-17)27-12-11-26-18/h7-8,14H,2-6,9-13,15-16H2,1H3,(H,22,23). The summed E-state index contributed by atoms with van der Waals surface area (Å²) in [6.07, 6.45) is 6.58. The van der Waals surface area contributed by atoms with E-state index in [2.05, 4.69) is 5.32 Å². The average Bonchev–Trinajstić information content (AvgIpc) is 3.16. The lowest BCUT2D eigenvalue weighted by Gasteiger charge is -2.31. The molecule has 1 amide bonds. The van der Waals surface area contributed by atoms with Crippen molar-refractivity contribution in [1.29, 1.82) is 0 Å². The van der Waals surface area contributed by atoms with Gasteiger partial charge in [0.15, 0.2) is 21.3 Å². The Hall–Kier alpha value is -1.76. The van der Waals surface area contributed by atoms with Gasteiger partial charge in [-0.25, -0.2) is 8.42 Å². The van der Waals surface area contributed by atoms with Crippen LogP contribution in [0.5, 0.6) is 11.5 Å². The molecule has 1 aliphatic heterocycles. The second-order valence-corrected chi connectivity index (χ2v) is 10.1. The van der Waals surface area contributed by atoms with Crippen molar-refractivity contribution in [1.82, 2.24) is 5.32 Å². The van der Waals surface area contributed by atoms with Crippen LogP contribution in [0.15, 0.2) is 18.2 Å². The van der Waals surface area contributed by atoms with E-state index in [1.807, 2.05) is 25.1 Å². The fourth-order valence-corrected chi connectivity index (χ4v) is 5.45. The van der Waals surface area contributed by atoms with Crippen LogP contribution in [0.4, 0.5) is 0 Å². The summed E-state index contributed by atoms with van der Waals surface area (Å²) in [4.78, 5) is 12.3. The number of carbonyl (C=O) groups excluding carboxylic acids is 1. The molecule has 1 saturated carbocycles. The van der Waals surface area contributed by atoms with E-state index in [-0.39, 0.29) is 11.2 Å². The molecular formula is C21H31NO5S. The summed E-state index contributed by atoms with van der Waals surface area (Å²) in [5.41, 5.74) is 0.956. The number of hydrogen-bond acceptors (Lipinski definition) is 5. The number of sulfone groups is 1. The van der Waals surface area contributed by atoms with Crippen LogP contribution in [0.1, 0.15) is 57.4 Å². The molecule has 0 spiro atoms. The second kappa shape index (κ2) is 9.16. The fourth-order valence-electron chi connectivity index (χ4n) is 4.16. The first-order valence-corrected chi connectivity index (χ1v) is 12.1. The van der Waals surface area contributed by atoms with Crippen molar-refractivity contribution in [3.8, 4) is 11.5 Å². The third-order valence-electron chi connectivity index (χ3n) is 5.75. The number of ether oxygens (including phenoxy) is 2. The lowest BCUT2D eigenvalue weighted by molar-refractivity contribution is -0.118. The van der Waals surface area contributed by atoms with Crippen molar-refractivity contribution in [2.24, 2.45) is 0 Å². The van der Waals surface area contributed by atoms with Crippen LogP contribution >= 0.6 is 0 Å². The minimum absolute atomic E-state index is 0.0849. The van der Waals surface area contributed by atoms with Crippen LogP contribution in [0.25, 0.3) is 0 Å². The van der Waals surface area contributed by atoms with Gasteiger partial charge in [0.1, 0.15) is 19.0 Å². The topological polar surface area (TPSA) is 81.7 Å². The molecule has 28 heavy (non-hydrogen) atoms. The molecule has 0 saturated heterocycles. The quantitative estimate of drug-likeness (QED) is 0.634. The van der Waals surface area contributed by atoms with Crippen LogP contribution in [0, 0.1) is 0 Å². The van der Waals surface area contributed by atoms with Gasteiger partial charge in [-0.2, -0.15) is 0 Å².